The molecule has 0 saturated carbocycles. The molecule has 0 radical (unpaired) electrons. The van der Waals surface area contributed by atoms with Crippen LogP contribution in [0.5, 0.6) is 0 Å². The molecule has 3 atom stereocenters. The van der Waals surface area contributed by atoms with Crippen molar-refractivity contribution >= 4 is 15.9 Å². The number of hydrogen-bond donors (Lipinski definition) is 1. The minimum Gasteiger partial charge on any atom is -0.394 e. The maximum atomic E-state index is 13.3. The quantitative estimate of drug-likeness (QED) is 0.614. The fourth-order valence-corrected chi connectivity index (χ4v) is 5.32. The number of sulfonamides is 1. The van der Waals surface area contributed by atoms with E-state index < -0.39 is 22.2 Å². The summed E-state index contributed by atoms with van der Waals surface area (Å²) in [6, 6.07) is 7.58. The van der Waals surface area contributed by atoms with Crippen LogP contribution in [-0.2, 0) is 32.7 Å². The first-order valence-electron chi connectivity index (χ1n) is 11.5. The van der Waals surface area contributed by atoms with Gasteiger partial charge in [0, 0.05) is 39.0 Å². The highest BCUT2D eigenvalue weighted by Crippen LogP contribution is 2.22. The number of likely N-dealkylation sites (N-methyl/N-ethyl adjacent to an activating group) is 1. The van der Waals surface area contributed by atoms with E-state index in [1.165, 1.54) is 23.5 Å². The van der Waals surface area contributed by atoms with Gasteiger partial charge in [-0.1, -0.05) is 24.3 Å². The molecule has 2 aromatic rings. The minimum absolute atomic E-state index is 0.00701. The molecule has 1 aliphatic rings. The number of aryl methyl sites for hydroxylation is 1. The van der Waals surface area contributed by atoms with Crippen LogP contribution in [-0.4, -0.2) is 82.5 Å². The number of rotatable bonds is 6. The van der Waals surface area contributed by atoms with Crippen molar-refractivity contribution in [2.45, 2.75) is 56.9 Å². The number of aliphatic hydroxyl groups excluding tert-OH is 1. The standard InChI is InChI=1S/C23H32N6O5S/c1-17-12-29(18(2)15-30)23(31)9-6-10-28-13-20(25-26-28)16-34-21(17)14-27(3)35(32,33)22-8-5-4-7-19(22)11-24/h4-5,7-8,13,17-18,21,30H,6,9-10,12,14-16H2,1-3H3/t17-,18+,21+/m1/s1. The Morgan fingerprint density at radius 2 is 2.11 bits per heavy atom. The Morgan fingerprint density at radius 1 is 1.37 bits per heavy atom. The van der Waals surface area contributed by atoms with E-state index >= 15 is 0 Å². The van der Waals surface area contributed by atoms with Gasteiger partial charge < -0.3 is 14.7 Å². The van der Waals surface area contributed by atoms with Crippen LogP contribution < -0.4 is 0 Å². The first-order chi connectivity index (χ1) is 16.7. The van der Waals surface area contributed by atoms with Crippen molar-refractivity contribution in [1.82, 2.24) is 24.2 Å². The summed E-state index contributed by atoms with van der Waals surface area (Å²) in [7, 11) is -2.53. The van der Waals surface area contributed by atoms with Crippen molar-refractivity contribution < 1.29 is 23.1 Å². The van der Waals surface area contributed by atoms with Crippen molar-refractivity contribution in [3.8, 4) is 6.07 Å². The van der Waals surface area contributed by atoms with Crippen LogP contribution in [0, 0.1) is 17.2 Å². The summed E-state index contributed by atoms with van der Waals surface area (Å²) in [6.07, 6.45) is 2.02. The SMILES string of the molecule is C[C@@H]1CN([C@@H](C)CO)C(=O)CCCn2cc(nn2)CO[C@H]1CN(C)S(=O)(=O)c1ccccc1C#N. The van der Waals surface area contributed by atoms with Gasteiger partial charge in [0.2, 0.25) is 15.9 Å². The molecule has 0 unspecified atom stereocenters. The number of nitrogens with zero attached hydrogens (tertiary/aromatic N) is 6. The Balaban J connectivity index is 1.89. The lowest BCUT2D eigenvalue weighted by atomic mass is 10.0. The fraction of sp³-hybridized carbons (Fsp3) is 0.565. The Morgan fingerprint density at radius 3 is 2.83 bits per heavy atom. The molecule has 190 valence electrons. The van der Waals surface area contributed by atoms with Crippen LogP contribution in [0.2, 0.25) is 0 Å². The highest BCUT2D eigenvalue weighted by molar-refractivity contribution is 7.89. The Hall–Kier alpha value is -2.85. The molecule has 3 rings (SSSR count). The van der Waals surface area contributed by atoms with Gasteiger partial charge in [-0.3, -0.25) is 9.48 Å². The first kappa shape index (κ1) is 26.7. The number of carbonyl (C=O) groups is 1. The zero-order chi connectivity index (χ0) is 25.6. The normalized spacial score (nSPS) is 21.0. The van der Waals surface area contributed by atoms with Crippen LogP contribution in [0.15, 0.2) is 35.4 Å². The second-order valence-electron chi connectivity index (χ2n) is 8.87. The van der Waals surface area contributed by atoms with Gasteiger partial charge in [-0.05, 0) is 25.5 Å². The second-order valence-corrected chi connectivity index (χ2v) is 10.9. The van der Waals surface area contributed by atoms with Gasteiger partial charge in [0.25, 0.3) is 0 Å². The molecule has 12 heteroatoms. The molecule has 1 aliphatic heterocycles. The van der Waals surface area contributed by atoms with Gasteiger partial charge in [0.1, 0.15) is 11.8 Å². The zero-order valence-electron chi connectivity index (χ0n) is 20.2. The molecule has 35 heavy (non-hydrogen) atoms. The number of aromatic nitrogens is 3. The predicted octanol–water partition coefficient (Wildman–Crippen LogP) is 0.995. The maximum Gasteiger partial charge on any atom is 0.244 e. The molecule has 2 heterocycles. The van der Waals surface area contributed by atoms with E-state index in [0.717, 1.165) is 0 Å². The monoisotopic (exact) mass is 504 g/mol. The van der Waals surface area contributed by atoms with Gasteiger partial charge >= 0.3 is 0 Å². The highest BCUT2D eigenvalue weighted by Gasteiger charge is 2.31. The van der Waals surface area contributed by atoms with Gasteiger partial charge in [-0.2, -0.15) is 9.57 Å². The maximum absolute atomic E-state index is 13.3. The molecule has 0 aliphatic carbocycles. The molecule has 0 saturated heterocycles. The van der Waals surface area contributed by atoms with Crippen LogP contribution in [0.1, 0.15) is 37.9 Å². The molecular formula is C23H32N6O5S. The van der Waals surface area contributed by atoms with Crippen LogP contribution in [0.3, 0.4) is 0 Å². The lowest BCUT2D eigenvalue weighted by Crippen LogP contribution is -2.47. The third-order valence-corrected chi connectivity index (χ3v) is 8.06. The summed E-state index contributed by atoms with van der Waals surface area (Å²) in [6.45, 7) is 4.41. The number of aliphatic hydroxyl groups is 1. The lowest BCUT2D eigenvalue weighted by Gasteiger charge is -2.35. The zero-order valence-corrected chi connectivity index (χ0v) is 21.1. The van der Waals surface area contributed by atoms with Crippen molar-refractivity contribution in [3.05, 3.63) is 41.7 Å². The van der Waals surface area contributed by atoms with Gasteiger partial charge in [0.15, 0.2) is 0 Å². The number of carbonyl (C=O) groups excluding carboxylic acids is 1. The summed E-state index contributed by atoms with van der Waals surface area (Å²) in [5.74, 6) is -0.367. The molecule has 1 aromatic carbocycles. The van der Waals surface area contributed by atoms with E-state index in [2.05, 4.69) is 10.3 Å². The third-order valence-electron chi connectivity index (χ3n) is 6.18. The molecule has 11 nitrogen and oxygen atoms in total. The molecule has 0 fully saturated rings. The number of ether oxygens (including phenoxy) is 1. The van der Waals surface area contributed by atoms with Crippen molar-refractivity contribution in [2.24, 2.45) is 5.92 Å². The van der Waals surface area contributed by atoms with Gasteiger partial charge in [0.05, 0.1) is 42.0 Å². The van der Waals surface area contributed by atoms with Crippen LogP contribution in [0.25, 0.3) is 0 Å². The first-order valence-corrected chi connectivity index (χ1v) is 13.0. The van der Waals surface area contributed by atoms with Crippen LogP contribution >= 0.6 is 0 Å². The van der Waals surface area contributed by atoms with E-state index in [-0.39, 0.29) is 55.0 Å². The summed E-state index contributed by atoms with van der Waals surface area (Å²) >= 11 is 0. The van der Waals surface area contributed by atoms with Crippen LogP contribution in [0.4, 0.5) is 0 Å². The molecule has 1 aromatic heterocycles. The number of benzene rings is 1. The Kier molecular flexibility index (Phi) is 8.96. The highest BCUT2D eigenvalue weighted by atomic mass is 32.2. The van der Waals surface area contributed by atoms with E-state index in [4.69, 9.17) is 4.74 Å². The Bertz CT molecular complexity index is 1160. The van der Waals surface area contributed by atoms with Gasteiger partial charge in [-0.25, -0.2) is 8.42 Å². The number of amides is 1. The summed E-state index contributed by atoms with van der Waals surface area (Å²) in [5.41, 5.74) is 0.669. The van der Waals surface area contributed by atoms with E-state index in [1.807, 2.05) is 13.0 Å². The lowest BCUT2D eigenvalue weighted by molar-refractivity contribution is -0.136. The van der Waals surface area contributed by atoms with Crippen molar-refractivity contribution in [3.63, 3.8) is 0 Å². The molecule has 2 bridgehead atoms. The largest absolute Gasteiger partial charge is 0.394 e. The number of fused-ring (bicyclic) bond motifs is 2. The molecule has 1 N–H and O–H groups in total. The van der Waals surface area contributed by atoms with Crippen molar-refractivity contribution in [2.75, 3.05) is 26.7 Å². The number of nitriles is 1. The topological polar surface area (TPSA) is 142 Å². The van der Waals surface area contributed by atoms with Gasteiger partial charge in [-0.15, -0.1) is 5.10 Å². The third kappa shape index (κ3) is 6.43. The average Bonchev–Trinajstić information content (AvgIpc) is 3.31. The Labute approximate surface area is 205 Å². The average molecular weight is 505 g/mol. The summed E-state index contributed by atoms with van der Waals surface area (Å²) in [5, 5.41) is 27.3. The molecular weight excluding hydrogens is 472 g/mol. The number of hydrogen-bond acceptors (Lipinski definition) is 8. The minimum atomic E-state index is -3.97. The second kappa shape index (κ2) is 11.7. The van der Waals surface area contributed by atoms with E-state index in [0.29, 0.717) is 18.7 Å². The summed E-state index contributed by atoms with van der Waals surface area (Å²) in [4.78, 5) is 14.5. The summed E-state index contributed by atoms with van der Waals surface area (Å²) < 4.78 is 35.5. The molecule has 1 amide bonds. The van der Waals surface area contributed by atoms with E-state index in [9.17, 15) is 23.6 Å². The fourth-order valence-electron chi connectivity index (χ4n) is 4.00. The van der Waals surface area contributed by atoms with E-state index in [1.54, 1.807) is 34.8 Å². The van der Waals surface area contributed by atoms with Crippen molar-refractivity contribution in [1.29, 1.82) is 5.26 Å². The predicted molar refractivity (Wildman–Crippen MR) is 126 cm³/mol. The smallest absolute Gasteiger partial charge is 0.244 e. The molecule has 0 spiro atoms.